The molecule has 9 heteroatoms. The molecule has 2 aromatic rings. The van der Waals surface area contributed by atoms with Gasteiger partial charge in [-0.15, -0.1) is 0 Å². The number of aliphatic hydroxyl groups is 1. The Morgan fingerprint density at radius 2 is 2.26 bits per heavy atom. The highest BCUT2D eigenvalue weighted by Crippen LogP contribution is 2.32. The summed E-state index contributed by atoms with van der Waals surface area (Å²) in [5, 5.41) is 9.69. The smallest absolute Gasteiger partial charge is 0.310 e. The molecule has 9 nitrogen and oxygen atoms in total. The lowest BCUT2D eigenvalue weighted by Crippen LogP contribution is -2.48. The standard InChI is InChI=1S/C18H25N5O4/c1-2-27-17(25)13-4-3-5-22(6-13)15-14-16(20-11-19-15)23(12-21-14)7-18(8-24)9-26-10-18/h11-13,24H,2-10H2,1H3/t13-/m1/s1. The molecule has 4 heterocycles. The van der Waals surface area contributed by atoms with Crippen LogP contribution in [-0.2, 0) is 20.8 Å². The SMILES string of the molecule is CCOC(=O)[C@@H]1CCCN(c2ncnc3c2ncn3CC2(CO)COC2)C1. The Bertz CT molecular complexity index is 814. The summed E-state index contributed by atoms with van der Waals surface area (Å²) in [6, 6.07) is 0. The topological polar surface area (TPSA) is 103 Å². The molecule has 0 radical (unpaired) electrons. The van der Waals surface area contributed by atoms with Crippen molar-refractivity contribution in [3.8, 4) is 0 Å². The van der Waals surface area contributed by atoms with Gasteiger partial charge in [-0.1, -0.05) is 0 Å². The van der Waals surface area contributed by atoms with E-state index in [1.807, 2.05) is 11.5 Å². The molecule has 2 saturated heterocycles. The number of imidazole rings is 1. The lowest BCUT2D eigenvalue weighted by Gasteiger charge is -2.39. The molecule has 27 heavy (non-hydrogen) atoms. The lowest BCUT2D eigenvalue weighted by atomic mass is 9.87. The fraction of sp³-hybridized carbons (Fsp3) is 0.667. The van der Waals surface area contributed by atoms with Crippen LogP contribution >= 0.6 is 0 Å². The van der Waals surface area contributed by atoms with E-state index in [1.54, 1.807) is 6.33 Å². The summed E-state index contributed by atoms with van der Waals surface area (Å²) in [5.74, 6) is 0.458. The van der Waals surface area contributed by atoms with Gasteiger partial charge in [-0.05, 0) is 19.8 Å². The van der Waals surface area contributed by atoms with Gasteiger partial charge in [0.15, 0.2) is 17.0 Å². The first-order valence-electron chi connectivity index (χ1n) is 9.42. The summed E-state index contributed by atoms with van der Waals surface area (Å²) in [6.45, 7) is 5.36. The van der Waals surface area contributed by atoms with E-state index >= 15 is 0 Å². The van der Waals surface area contributed by atoms with Crippen LogP contribution in [0.3, 0.4) is 0 Å². The number of piperidine rings is 1. The molecule has 2 fully saturated rings. The molecule has 0 unspecified atom stereocenters. The Hall–Kier alpha value is -2.26. The monoisotopic (exact) mass is 375 g/mol. The van der Waals surface area contributed by atoms with Crippen LogP contribution in [0.4, 0.5) is 5.82 Å². The molecule has 2 aliphatic heterocycles. The number of anilines is 1. The van der Waals surface area contributed by atoms with E-state index in [4.69, 9.17) is 9.47 Å². The summed E-state index contributed by atoms with van der Waals surface area (Å²) in [6.07, 6.45) is 5.01. The molecule has 0 aliphatic carbocycles. The van der Waals surface area contributed by atoms with Gasteiger partial charge in [0.05, 0.1) is 44.1 Å². The average molecular weight is 375 g/mol. The number of esters is 1. The van der Waals surface area contributed by atoms with E-state index in [2.05, 4.69) is 19.9 Å². The Balaban J connectivity index is 1.58. The molecule has 4 rings (SSSR count). The van der Waals surface area contributed by atoms with Gasteiger partial charge in [-0.3, -0.25) is 4.79 Å². The summed E-state index contributed by atoms with van der Waals surface area (Å²) in [7, 11) is 0. The van der Waals surface area contributed by atoms with E-state index in [9.17, 15) is 9.90 Å². The van der Waals surface area contributed by atoms with Crippen molar-refractivity contribution in [3.05, 3.63) is 12.7 Å². The maximum Gasteiger partial charge on any atom is 0.310 e. The van der Waals surface area contributed by atoms with Gasteiger partial charge in [0, 0.05) is 19.6 Å². The highest BCUT2D eigenvalue weighted by molar-refractivity contribution is 5.84. The quantitative estimate of drug-likeness (QED) is 0.733. The van der Waals surface area contributed by atoms with Gasteiger partial charge >= 0.3 is 5.97 Å². The van der Waals surface area contributed by atoms with Crippen molar-refractivity contribution < 1.29 is 19.4 Å². The molecule has 1 N–H and O–H groups in total. The second-order valence-electron chi connectivity index (χ2n) is 7.43. The molecule has 146 valence electrons. The molecule has 2 aliphatic rings. The second-order valence-corrected chi connectivity index (χ2v) is 7.43. The highest BCUT2D eigenvalue weighted by atomic mass is 16.5. The molecule has 0 spiro atoms. The van der Waals surface area contributed by atoms with Crippen molar-refractivity contribution in [1.82, 2.24) is 19.5 Å². The first kappa shape index (κ1) is 18.1. The van der Waals surface area contributed by atoms with Crippen LogP contribution < -0.4 is 4.90 Å². The van der Waals surface area contributed by atoms with Gasteiger partial charge in [-0.25, -0.2) is 15.0 Å². The van der Waals surface area contributed by atoms with Crippen molar-refractivity contribution in [1.29, 1.82) is 0 Å². The normalized spacial score (nSPS) is 21.9. The number of rotatable bonds is 6. The minimum Gasteiger partial charge on any atom is -0.466 e. The zero-order valence-corrected chi connectivity index (χ0v) is 15.5. The number of hydrogen-bond donors (Lipinski definition) is 1. The Labute approximate surface area is 157 Å². The molecule has 0 bridgehead atoms. The minimum atomic E-state index is -0.265. The lowest BCUT2D eigenvalue weighted by molar-refractivity contribution is -0.148. The number of hydrogen-bond acceptors (Lipinski definition) is 8. The number of carbonyl (C=O) groups excluding carboxylic acids is 1. The largest absolute Gasteiger partial charge is 0.466 e. The minimum absolute atomic E-state index is 0.0674. The van der Waals surface area contributed by atoms with Gasteiger partial charge in [0.1, 0.15) is 6.33 Å². The molecule has 2 aromatic heterocycles. The van der Waals surface area contributed by atoms with Crippen LogP contribution in [0.2, 0.25) is 0 Å². The van der Waals surface area contributed by atoms with Crippen LogP contribution in [0.25, 0.3) is 11.2 Å². The fourth-order valence-electron chi connectivity index (χ4n) is 3.82. The third-order valence-electron chi connectivity index (χ3n) is 5.38. The van der Waals surface area contributed by atoms with Crippen LogP contribution in [0.5, 0.6) is 0 Å². The van der Waals surface area contributed by atoms with Crippen LogP contribution in [0.1, 0.15) is 19.8 Å². The second kappa shape index (κ2) is 7.40. The fourth-order valence-corrected chi connectivity index (χ4v) is 3.82. The zero-order valence-electron chi connectivity index (χ0n) is 15.5. The predicted octanol–water partition coefficient (Wildman–Crippen LogP) is 0.615. The van der Waals surface area contributed by atoms with E-state index in [1.165, 1.54) is 6.33 Å². The van der Waals surface area contributed by atoms with E-state index in [0.29, 0.717) is 32.9 Å². The van der Waals surface area contributed by atoms with Crippen molar-refractivity contribution >= 4 is 23.0 Å². The van der Waals surface area contributed by atoms with Crippen molar-refractivity contribution in [2.45, 2.75) is 26.3 Å². The molecule has 0 saturated carbocycles. The number of nitrogens with zero attached hydrogens (tertiary/aromatic N) is 5. The summed E-state index contributed by atoms with van der Waals surface area (Å²) >= 11 is 0. The summed E-state index contributed by atoms with van der Waals surface area (Å²) in [5.41, 5.74) is 1.19. The molecular weight excluding hydrogens is 350 g/mol. The first-order chi connectivity index (χ1) is 13.2. The number of aromatic nitrogens is 4. The van der Waals surface area contributed by atoms with Gasteiger partial charge in [0.25, 0.3) is 0 Å². The molecule has 0 amide bonds. The molecule has 0 aromatic carbocycles. The van der Waals surface area contributed by atoms with Crippen molar-refractivity contribution in [3.63, 3.8) is 0 Å². The predicted molar refractivity (Wildman–Crippen MR) is 97.2 cm³/mol. The van der Waals surface area contributed by atoms with Crippen molar-refractivity contribution in [2.75, 3.05) is 44.4 Å². The van der Waals surface area contributed by atoms with Crippen LogP contribution in [0.15, 0.2) is 12.7 Å². The summed E-state index contributed by atoms with van der Waals surface area (Å²) in [4.78, 5) is 27.6. The number of fused-ring (bicyclic) bond motifs is 1. The Kier molecular flexibility index (Phi) is 4.96. The maximum absolute atomic E-state index is 12.1. The van der Waals surface area contributed by atoms with Crippen molar-refractivity contribution in [2.24, 2.45) is 11.3 Å². The van der Waals surface area contributed by atoms with E-state index in [0.717, 1.165) is 36.4 Å². The van der Waals surface area contributed by atoms with Crippen LogP contribution in [-0.4, -0.2) is 70.1 Å². The zero-order chi connectivity index (χ0) is 18.9. The van der Waals surface area contributed by atoms with E-state index in [-0.39, 0.29) is 23.9 Å². The van der Waals surface area contributed by atoms with E-state index < -0.39 is 0 Å². The Morgan fingerprint density at radius 1 is 1.41 bits per heavy atom. The van der Waals surface area contributed by atoms with Gasteiger partial charge < -0.3 is 24.0 Å². The highest BCUT2D eigenvalue weighted by Gasteiger charge is 2.39. The Morgan fingerprint density at radius 3 is 2.96 bits per heavy atom. The average Bonchev–Trinajstić information content (AvgIpc) is 3.08. The molecule has 1 atom stereocenters. The number of aliphatic hydroxyl groups excluding tert-OH is 1. The number of ether oxygens (including phenoxy) is 2. The number of carbonyl (C=O) groups is 1. The third kappa shape index (κ3) is 3.37. The maximum atomic E-state index is 12.1. The first-order valence-corrected chi connectivity index (χ1v) is 9.42. The van der Waals surface area contributed by atoms with Gasteiger partial charge in [0.2, 0.25) is 0 Å². The molecular formula is C18H25N5O4. The summed E-state index contributed by atoms with van der Waals surface area (Å²) < 4.78 is 12.4. The van der Waals surface area contributed by atoms with Gasteiger partial charge in [-0.2, -0.15) is 0 Å². The third-order valence-corrected chi connectivity index (χ3v) is 5.38. The van der Waals surface area contributed by atoms with Crippen LogP contribution in [0, 0.1) is 11.3 Å².